The van der Waals surface area contributed by atoms with Gasteiger partial charge in [0, 0.05) is 17.3 Å². The van der Waals surface area contributed by atoms with Crippen molar-refractivity contribution in [2.45, 2.75) is 6.92 Å². The van der Waals surface area contributed by atoms with Crippen molar-refractivity contribution in [2.75, 3.05) is 11.9 Å². The zero-order chi connectivity index (χ0) is 16.7. The molecule has 1 amide bonds. The van der Waals surface area contributed by atoms with Crippen LogP contribution in [0.1, 0.15) is 22.8 Å². The Kier molecular flexibility index (Phi) is 5.52. The van der Waals surface area contributed by atoms with Crippen molar-refractivity contribution in [1.29, 1.82) is 0 Å². The number of anilines is 1. The van der Waals surface area contributed by atoms with Gasteiger partial charge in [-0.15, -0.1) is 0 Å². The number of hydrogen-bond donors (Lipinski definition) is 2. The number of nitrogens with one attached hydrogen (secondary N) is 1. The highest BCUT2D eigenvalue weighted by molar-refractivity contribution is 6.02. The zero-order valence-corrected chi connectivity index (χ0v) is 12.7. The maximum absolute atomic E-state index is 11.9. The Bertz CT molecular complexity index is 720. The predicted molar refractivity (Wildman–Crippen MR) is 88.7 cm³/mol. The van der Waals surface area contributed by atoms with Gasteiger partial charge < -0.3 is 15.2 Å². The molecule has 0 unspecified atom stereocenters. The number of hydrogen-bond acceptors (Lipinski definition) is 3. The van der Waals surface area contributed by atoms with Crippen LogP contribution in [-0.4, -0.2) is 23.6 Å². The lowest BCUT2D eigenvalue weighted by Crippen LogP contribution is -2.08. The molecule has 0 bridgehead atoms. The van der Waals surface area contributed by atoms with Crippen LogP contribution in [0.4, 0.5) is 5.69 Å². The third-order valence-electron chi connectivity index (χ3n) is 3.03. The molecule has 118 valence electrons. The maximum atomic E-state index is 11.9. The molecule has 2 aromatic carbocycles. The van der Waals surface area contributed by atoms with Crippen LogP contribution >= 0.6 is 0 Å². The summed E-state index contributed by atoms with van der Waals surface area (Å²) in [6.07, 6.45) is 3.08. The number of carboxylic acids is 1. The topological polar surface area (TPSA) is 75.6 Å². The zero-order valence-electron chi connectivity index (χ0n) is 12.7. The minimum absolute atomic E-state index is 0.171. The van der Waals surface area contributed by atoms with Crippen molar-refractivity contribution >= 4 is 23.6 Å². The second kappa shape index (κ2) is 7.79. The van der Waals surface area contributed by atoms with Gasteiger partial charge in [0.2, 0.25) is 5.91 Å². The van der Waals surface area contributed by atoms with E-state index >= 15 is 0 Å². The van der Waals surface area contributed by atoms with E-state index in [2.05, 4.69) is 5.32 Å². The molecule has 0 aliphatic carbocycles. The number of aromatic carboxylic acids is 1. The molecule has 5 heteroatoms. The van der Waals surface area contributed by atoms with Gasteiger partial charge in [-0.25, -0.2) is 4.79 Å². The monoisotopic (exact) mass is 311 g/mol. The Balaban J connectivity index is 2.03. The van der Waals surface area contributed by atoms with E-state index in [1.165, 1.54) is 18.2 Å². The number of carbonyl (C=O) groups excluding carboxylic acids is 1. The highest BCUT2D eigenvalue weighted by atomic mass is 16.5. The fourth-order valence-corrected chi connectivity index (χ4v) is 1.95. The summed E-state index contributed by atoms with van der Waals surface area (Å²) in [5, 5.41) is 11.5. The van der Waals surface area contributed by atoms with Gasteiger partial charge in [0.15, 0.2) is 0 Å². The molecule has 2 aromatic rings. The highest BCUT2D eigenvalue weighted by Crippen LogP contribution is 2.19. The molecule has 0 heterocycles. The molecule has 0 atom stereocenters. The van der Waals surface area contributed by atoms with Crippen molar-refractivity contribution in [3.05, 3.63) is 65.7 Å². The summed E-state index contributed by atoms with van der Waals surface area (Å²) >= 11 is 0. The van der Waals surface area contributed by atoms with E-state index in [1.54, 1.807) is 18.2 Å². The van der Waals surface area contributed by atoms with Crippen molar-refractivity contribution in [3.8, 4) is 5.75 Å². The van der Waals surface area contributed by atoms with E-state index in [4.69, 9.17) is 9.84 Å². The second-order valence-electron chi connectivity index (χ2n) is 4.68. The van der Waals surface area contributed by atoms with Crippen LogP contribution in [0, 0.1) is 0 Å². The summed E-state index contributed by atoms with van der Waals surface area (Å²) in [5.41, 5.74) is 1.51. The number of carbonyl (C=O) groups is 2. The molecular formula is C18H17NO4. The molecule has 0 aliphatic rings. The van der Waals surface area contributed by atoms with Crippen LogP contribution in [0.25, 0.3) is 6.08 Å². The van der Waals surface area contributed by atoms with Gasteiger partial charge in [0.05, 0.1) is 12.2 Å². The average molecular weight is 311 g/mol. The normalized spacial score (nSPS) is 10.5. The first kappa shape index (κ1) is 16.3. The van der Waals surface area contributed by atoms with Crippen LogP contribution in [0.5, 0.6) is 5.75 Å². The van der Waals surface area contributed by atoms with Gasteiger partial charge in [-0.1, -0.05) is 18.2 Å². The lowest BCUT2D eigenvalue weighted by atomic mass is 10.2. The second-order valence-corrected chi connectivity index (χ2v) is 4.68. The maximum Gasteiger partial charge on any atom is 0.335 e. The third kappa shape index (κ3) is 4.71. The molecule has 0 fully saturated rings. The molecule has 0 spiro atoms. The molecule has 5 nitrogen and oxygen atoms in total. The standard InChI is InChI=1S/C18H17NO4/c1-2-23-16-6-4-3-5-13(16)9-12-17(20)19-15-10-7-14(8-11-15)18(21)22/h3-12H,2H2,1H3,(H,19,20)(H,21,22)/b12-9+. The Hall–Kier alpha value is -3.08. The molecule has 0 aliphatic heterocycles. The van der Waals surface area contributed by atoms with Crippen molar-refractivity contribution in [1.82, 2.24) is 0 Å². The number of para-hydroxylation sites is 1. The molecule has 2 rings (SSSR count). The van der Waals surface area contributed by atoms with Gasteiger partial charge in [-0.3, -0.25) is 4.79 Å². The van der Waals surface area contributed by atoms with Gasteiger partial charge in [-0.2, -0.15) is 0 Å². The molecule has 23 heavy (non-hydrogen) atoms. The first-order valence-corrected chi connectivity index (χ1v) is 7.14. The smallest absolute Gasteiger partial charge is 0.335 e. The quantitative estimate of drug-likeness (QED) is 0.801. The largest absolute Gasteiger partial charge is 0.493 e. The van der Waals surface area contributed by atoms with Crippen molar-refractivity contribution in [2.24, 2.45) is 0 Å². The highest BCUT2D eigenvalue weighted by Gasteiger charge is 2.04. The van der Waals surface area contributed by atoms with E-state index in [9.17, 15) is 9.59 Å². The van der Waals surface area contributed by atoms with Crippen LogP contribution in [-0.2, 0) is 4.79 Å². The average Bonchev–Trinajstić information content (AvgIpc) is 2.55. The van der Waals surface area contributed by atoms with E-state index in [-0.39, 0.29) is 11.5 Å². The predicted octanol–water partition coefficient (Wildman–Crippen LogP) is 3.44. The fraction of sp³-hybridized carbons (Fsp3) is 0.111. The van der Waals surface area contributed by atoms with Gasteiger partial charge in [-0.05, 0) is 43.3 Å². The number of rotatable bonds is 6. The first-order valence-electron chi connectivity index (χ1n) is 7.14. The number of benzene rings is 2. The van der Waals surface area contributed by atoms with Crippen LogP contribution in [0.15, 0.2) is 54.6 Å². The number of ether oxygens (including phenoxy) is 1. The van der Waals surface area contributed by atoms with Crippen molar-refractivity contribution < 1.29 is 19.4 Å². The Labute approximate surface area is 134 Å². The number of carboxylic acid groups (broad SMARTS) is 1. The van der Waals surface area contributed by atoms with Gasteiger partial charge in [0.25, 0.3) is 0 Å². The van der Waals surface area contributed by atoms with Gasteiger partial charge >= 0.3 is 5.97 Å². The Morgan fingerprint density at radius 2 is 1.83 bits per heavy atom. The van der Waals surface area contributed by atoms with Crippen LogP contribution in [0.2, 0.25) is 0 Å². The Morgan fingerprint density at radius 1 is 1.13 bits per heavy atom. The minimum Gasteiger partial charge on any atom is -0.493 e. The lowest BCUT2D eigenvalue weighted by Gasteiger charge is -2.06. The molecule has 0 saturated heterocycles. The summed E-state index contributed by atoms with van der Waals surface area (Å²) in [6, 6.07) is 13.4. The van der Waals surface area contributed by atoms with Crippen LogP contribution in [0.3, 0.4) is 0 Å². The van der Waals surface area contributed by atoms with Crippen molar-refractivity contribution in [3.63, 3.8) is 0 Å². The summed E-state index contributed by atoms with van der Waals surface area (Å²) < 4.78 is 5.48. The minimum atomic E-state index is -1.00. The summed E-state index contributed by atoms with van der Waals surface area (Å²) in [5.74, 6) is -0.598. The summed E-state index contributed by atoms with van der Waals surface area (Å²) in [4.78, 5) is 22.7. The third-order valence-corrected chi connectivity index (χ3v) is 3.03. The lowest BCUT2D eigenvalue weighted by molar-refractivity contribution is -0.111. The number of amides is 1. The molecule has 0 aromatic heterocycles. The first-order chi connectivity index (χ1) is 11.1. The van der Waals surface area contributed by atoms with E-state index in [1.807, 2.05) is 31.2 Å². The van der Waals surface area contributed by atoms with E-state index < -0.39 is 5.97 Å². The van der Waals surface area contributed by atoms with E-state index in [0.717, 1.165) is 5.56 Å². The van der Waals surface area contributed by atoms with Crippen LogP contribution < -0.4 is 10.1 Å². The molecule has 0 saturated carbocycles. The summed E-state index contributed by atoms with van der Waals surface area (Å²) in [6.45, 7) is 2.45. The van der Waals surface area contributed by atoms with E-state index in [0.29, 0.717) is 18.0 Å². The fourth-order valence-electron chi connectivity index (χ4n) is 1.95. The Morgan fingerprint density at radius 3 is 2.48 bits per heavy atom. The molecule has 2 N–H and O–H groups in total. The molecular weight excluding hydrogens is 294 g/mol. The molecule has 0 radical (unpaired) electrons. The van der Waals surface area contributed by atoms with Gasteiger partial charge in [0.1, 0.15) is 5.75 Å². The SMILES string of the molecule is CCOc1ccccc1/C=C/C(=O)Nc1ccc(C(=O)O)cc1. The summed E-state index contributed by atoms with van der Waals surface area (Å²) in [7, 11) is 0.